The van der Waals surface area contributed by atoms with Crippen LogP contribution in [-0.2, 0) is 17.6 Å². The van der Waals surface area contributed by atoms with E-state index < -0.39 is 0 Å². The average molecular weight is 194 g/mol. The normalized spacial score (nSPS) is 15.1. The summed E-state index contributed by atoms with van der Waals surface area (Å²) in [6.07, 6.45) is 1.29. The van der Waals surface area contributed by atoms with Crippen molar-refractivity contribution in [2.24, 2.45) is 0 Å². The minimum atomic E-state index is -0.297. The summed E-state index contributed by atoms with van der Waals surface area (Å²) in [7, 11) is 1.56. The van der Waals surface area contributed by atoms with Crippen molar-refractivity contribution in [2.45, 2.75) is 19.3 Å². The molecule has 0 saturated heterocycles. The Balaban J connectivity index is 2.54. The number of halogens is 1. The van der Waals surface area contributed by atoms with Gasteiger partial charge in [0.15, 0.2) is 0 Å². The Morgan fingerprint density at radius 2 is 2.07 bits per heavy atom. The number of carbonyl (C=O) groups is 1. The van der Waals surface area contributed by atoms with Crippen LogP contribution in [0.15, 0.2) is 12.1 Å². The molecule has 2 rings (SSSR count). The zero-order chi connectivity index (χ0) is 10.1. The molecule has 0 N–H and O–H groups in total. The van der Waals surface area contributed by atoms with Gasteiger partial charge in [0.25, 0.3) is 0 Å². The van der Waals surface area contributed by atoms with Crippen molar-refractivity contribution in [1.29, 1.82) is 0 Å². The summed E-state index contributed by atoms with van der Waals surface area (Å²) in [5.74, 6) is 0.493. The number of carbonyl (C=O) groups excluding carboxylic acids is 1. The lowest BCUT2D eigenvalue weighted by atomic mass is 9.90. The van der Waals surface area contributed by atoms with Gasteiger partial charge in [0, 0.05) is 24.0 Å². The third-order valence-electron chi connectivity index (χ3n) is 2.58. The molecule has 3 heteroatoms. The molecule has 0 spiro atoms. The molecule has 0 heterocycles. The first-order valence-corrected chi connectivity index (χ1v) is 4.58. The van der Waals surface area contributed by atoms with E-state index in [2.05, 4.69) is 0 Å². The van der Waals surface area contributed by atoms with Gasteiger partial charge in [-0.1, -0.05) is 0 Å². The molecule has 14 heavy (non-hydrogen) atoms. The van der Waals surface area contributed by atoms with Crippen molar-refractivity contribution in [3.63, 3.8) is 0 Å². The van der Waals surface area contributed by atoms with Crippen LogP contribution < -0.4 is 4.74 Å². The number of rotatable bonds is 1. The second-order valence-electron chi connectivity index (χ2n) is 3.42. The van der Waals surface area contributed by atoms with Gasteiger partial charge in [-0.2, -0.15) is 0 Å². The maximum Gasteiger partial charge on any atom is 0.137 e. The molecule has 0 saturated carbocycles. The van der Waals surface area contributed by atoms with Crippen LogP contribution in [0, 0.1) is 5.82 Å². The van der Waals surface area contributed by atoms with Crippen LogP contribution in [0.1, 0.15) is 17.5 Å². The highest BCUT2D eigenvalue weighted by atomic mass is 19.1. The van der Waals surface area contributed by atoms with Gasteiger partial charge in [-0.3, -0.25) is 4.79 Å². The minimum absolute atomic E-state index is 0.102. The van der Waals surface area contributed by atoms with E-state index in [9.17, 15) is 9.18 Å². The smallest absolute Gasteiger partial charge is 0.137 e. The van der Waals surface area contributed by atoms with E-state index in [1.165, 1.54) is 6.07 Å². The Labute approximate surface area is 81.7 Å². The molecule has 0 amide bonds. The fraction of sp³-hybridized carbons (Fsp3) is 0.364. The molecule has 0 aliphatic heterocycles. The fourth-order valence-electron chi connectivity index (χ4n) is 1.85. The summed E-state index contributed by atoms with van der Waals surface area (Å²) in [6, 6.07) is 2.97. The van der Waals surface area contributed by atoms with E-state index in [0.717, 1.165) is 5.56 Å². The molecule has 0 radical (unpaired) electrons. The van der Waals surface area contributed by atoms with Crippen LogP contribution in [0.3, 0.4) is 0 Å². The molecule has 0 fully saturated rings. The highest BCUT2D eigenvalue weighted by molar-refractivity contribution is 5.83. The van der Waals surface area contributed by atoms with Gasteiger partial charge in [0.1, 0.15) is 17.3 Å². The lowest BCUT2D eigenvalue weighted by molar-refractivity contribution is -0.118. The van der Waals surface area contributed by atoms with E-state index in [0.29, 0.717) is 24.2 Å². The first-order chi connectivity index (χ1) is 6.72. The predicted octanol–water partition coefficient (Wildman–Crippen LogP) is 1.89. The standard InChI is InChI=1S/C11H11FO2/c1-14-11-5-4-10(12)9-6-7(13)2-3-8(9)11/h4-5H,2-3,6H2,1H3. The number of fused-ring (bicyclic) bond motifs is 1. The molecule has 74 valence electrons. The highest BCUT2D eigenvalue weighted by Crippen LogP contribution is 2.30. The van der Waals surface area contributed by atoms with Crippen LogP contribution in [0.2, 0.25) is 0 Å². The number of ketones is 1. The Kier molecular flexibility index (Phi) is 2.23. The monoisotopic (exact) mass is 194 g/mol. The molecule has 0 atom stereocenters. The number of Topliss-reactive ketones (excluding diaryl/α,β-unsaturated/α-hetero) is 1. The van der Waals surface area contributed by atoms with E-state index in [1.807, 2.05) is 0 Å². The molecule has 1 aliphatic carbocycles. The van der Waals surface area contributed by atoms with Crippen LogP contribution in [0.25, 0.3) is 0 Å². The van der Waals surface area contributed by atoms with Gasteiger partial charge in [-0.25, -0.2) is 4.39 Å². The van der Waals surface area contributed by atoms with Crippen molar-refractivity contribution in [1.82, 2.24) is 0 Å². The molecule has 1 aliphatic rings. The maximum atomic E-state index is 13.4. The average Bonchev–Trinajstić information content (AvgIpc) is 2.19. The Morgan fingerprint density at radius 3 is 2.79 bits per heavy atom. The summed E-state index contributed by atoms with van der Waals surface area (Å²) in [5.41, 5.74) is 1.37. The second-order valence-corrected chi connectivity index (χ2v) is 3.42. The summed E-state index contributed by atoms with van der Waals surface area (Å²) in [6.45, 7) is 0. The molecular formula is C11H11FO2. The minimum Gasteiger partial charge on any atom is -0.496 e. The van der Waals surface area contributed by atoms with Crippen molar-refractivity contribution in [3.05, 3.63) is 29.1 Å². The van der Waals surface area contributed by atoms with Gasteiger partial charge in [-0.05, 0) is 18.6 Å². The molecule has 0 unspecified atom stereocenters. The van der Waals surface area contributed by atoms with Crippen molar-refractivity contribution in [3.8, 4) is 5.75 Å². The van der Waals surface area contributed by atoms with E-state index in [1.54, 1.807) is 13.2 Å². The lowest BCUT2D eigenvalue weighted by Crippen LogP contribution is -2.15. The molecule has 0 bridgehead atoms. The van der Waals surface area contributed by atoms with Crippen molar-refractivity contribution < 1.29 is 13.9 Å². The number of hydrogen-bond donors (Lipinski definition) is 0. The van der Waals surface area contributed by atoms with Gasteiger partial charge in [0.05, 0.1) is 7.11 Å². The molecule has 2 nitrogen and oxygen atoms in total. The highest BCUT2D eigenvalue weighted by Gasteiger charge is 2.21. The van der Waals surface area contributed by atoms with Gasteiger partial charge in [0.2, 0.25) is 0 Å². The SMILES string of the molecule is COc1ccc(F)c2c1CCC(=O)C2. The largest absolute Gasteiger partial charge is 0.496 e. The zero-order valence-electron chi connectivity index (χ0n) is 7.97. The van der Waals surface area contributed by atoms with E-state index in [-0.39, 0.29) is 18.0 Å². The Bertz CT molecular complexity index is 385. The number of ether oxygens (including phenoxy) is 1. The first kappa shape index (κ1) is 9.19. The number of benzene rings is 1. The van der Waals surface area contributed by atoms with Crippen LogP contribution >= 0.6 is 0 Å². The molecular weight excluding hydrogens is 183 g/mol. The number of hydrogen-bond acceptors (Lipinski definition) is 2. The Morgan fingerprint density at radius 1 is 1.29 bits per heavy atom. The summed E-state index contributed by atoms with van der Waals surface area (Å²) in [5, 5.41) is 0. The third-order valence-corrected chi connectivity index (χ3v) is 2.58. The fourth-order valence-corrected chi connectivity index (χ4v) is 1.85. The summed E-state index contributed by atoms with van der Waals surface area (Å²) < 4.78 is 18.5. The van der Waals surface area contributed by atoms with Gasteiger partial charge in [-0.15, -0.1) is 0 Å². The Hall–Kier alpha value is -1.38. The van der Waals surface area contributed by atoms with Crippen molar-refractivity contribution >= 4 is 5.78 Å². The van der Waals surface area contributed by atoms with Crippen molar-refractivity contribution in [2.75, 3.05) is 7.11 Å². The van der Waals surface area contributed by atoms with E-state index in [4.69, 9.17) is 4.74 Å². The first-order valence-electron chi connectivity index (χ1n) is 4.58. The van der Waals surface area contributed by atoms with E-state index >= 15 is 0 Å². The summed E-state index contributed by atoms with van der Waals surface area (Å²) in [4.78, 5) is 11.2. The molecule has 1 aromatic rings. The third kappa shape index (κ3) is 1.39. The molecule has 1 aromatic carbocycles. The molecule has 0 aromatic heterocycles. The summed E-state index contributed by atoms with van der Waals surface area (Å²) >= 11 is 0. The van der Waals surface area contributed by atoms with Gasteiger partial charge >= 0.3 is 0 Å². The van der Waals surface area contributed by atoms with Crippen LogP contribution in [0.5, 0.6) is 5.75 Å². The van der Waals surface area contributed by atoms with Crippen LogP contribution in [0.4, 0.5) is 4.39 Å². The second kappa shape index (κ2) is 3.40. The number of methoxy groups -OCH3 is 1. The van der Waals surface area contributed by atoms with Gasteiger partial charge < -0.3 is 4.74 Å². The van der Waals surface area contributed by atoms with Crippen LogP contribution in [-0.4, -0.2) is 12.9 Å². The maximum absolute atomic E-state index is 13.4. The topological polar surface area (TPSA) is 26.3 Å². The quantitative estimate of drug-likeness (QED) is 0.682. The zero-order valence-corrected chi connectivity index (χ0v) is 7.97. The lowest BCUT2D eigenvalue weighted by Gasteiger charge is -2.18. The predicted molar refractivity (Wildman–Crippen MR) is 50.0 cm³/mol.